The molecule has 0 saturated carbocycles. The first-order chi connectivity index (χ1) is 7.84. The Morgan fingerprint density at radius 1 is 1.41 bits per heavy atom. The van der Waals surface area contributed by atoms with Crippen LogP contribution in [-0.2, 0) is 0 Å². The summed E-state index contributed by atoms with van der Waals surface area (Å²) < 4.78 is 0. The van der Waals surface area contributed by atoms with Crippen molar-refractivity contribution in [1.29, 1.82) is 0 Å². The third-order valence-corrected chi connectivity index (χ3v) is 4.11. The SMILES string of the molecule is CC1CC(NC(CCO)C(C)(C)C)CCN1C. The fourth-order valence-electron chi connectivity index (χ4n) is 2.62. The van der Waals surface area contributed by atoms with E-state index in [2.05, 4.69) is 45.0 Å². The van der Waals surface area contributed by atoms with Crippen molar-refractivity contribution in [2.24, 2.45) is 5.41 Å². The zero-order chi connectivity index (χ0) is 13.1. The number of hydrogen-bond acceptors (Lipinski definition) is 3. The van der Waals surface area contributed by atoms with Gasteiger partial charge in [0, 0.05) is 24.7 Å². The zero-order valence-electron chi connectivity index (χ0n) is 12.2. The molecule has 102 valence electrons. The molecule has 3 atom stereocenters. The van der Waals surface area contributed by atoms with Gasteiger partial charge in [-0.05, 0) is 45.2 Å². The van der Waals surface area contributed by atoms with Gasteiger partial charge in [-0.25, -0.2) is 0 Å². The summed E-state index contributed by atoms with van der Waals surface area (Å²) in [6, 6.07) is 1.68. The smallest absolute Gasteiger partial charge is 0.0446 e. The molecule has 0 radical (unpaired) electrons. The second-order valence-corrected chi connectivity index (χ2v) is 6.65. The van der Waals surface area contributed by atoms with E-state index in [1.54, 1.807) is 0 Å². The van der Waals surface area contributed by atoms with Gasteiger partial charge in [0.1, 0.15) is 0 Å². The van der Waals surface area contributed by atoms with Crippen LogP contribution >= 0.6 is 0 Å². The Bertz CT molecular complexity index is 225. The average molecular weight is 242 g/mol. The van der Waals surface area contributed by atoms with Crippen LogP contribution in [0.25, 0.3) is 0 Å². The van der Waals surface area contributed by atoms with E-state index in [9.17, 15) is 5.11 Å². The van der Waals surface area contributed by atoms with Gasteiger partial charge in [-0.3, -0.25) is 0 Å². The first-order valence-electron chi connectivity index (χ1n) is 6.91. The molecular weight excluding hydrogens is 212 g/mol. The van der Waals surface area contributed by atoms with E-state index in [4.69, 9.17) is 0 Å². The first-order valence-corrected chi connectivity index (χ1v) is 6.91. The summed E-state index contributed by atoms with van der Waals surface area (Å²) in [5.41, 5.74) is 0.218. The summed E-state index contributed by atoms with van der Waals surface area (Å²) in [5, 5.41) is 12.9. The monoisotopic (exact) mass is 242 g/mol. The summed E-state index contributed by atoms with van der Waals surface area (Å²) in [5.74, 6) is 0. The molecule has 1 heterocycles. The minimum atomic E-state index is 0.218. The Morgan fingerprint density at radius 2 is 2.06 bits per heavy atom. The minimum Gasteiger partial charge on any atom is -0.396 e. The van der Waals surface area contributed by atoms with Crippen LogP contribution in [0.4, 0.5) is 0 Å². The molecule has 0 spiro atoms. The molecule has 0 amide bonds. The van der Waals surface area contributed by atoms with Crippen molar-refractivity contribution in [3.63, 3.8) is 0 Å². The molecule has 0 bridgehead atoms. The number of nitrogens with zero attached hydrogens (tertiary/aromatic N) is 1. The van der Waals surface area contributed by atoms with E-state index in [1.807, 2.05) is 0 Å². The molecule has 2 N–H and O–H groups in total. The molecule has 1 rings (SSSR count). The molecule has 3 nitrogen and oxygen atoms in total. The second kappa shape index (κ2) is 6.17. The number of piperidine rings is 1. The average Bonchev–Trinajstić information content (AvgIpc) is 2.21. The molecule has 0 aromatic heterocycles. The predicted octanol–water partition coefficient (Wildman–Crippen LogP) is 1.86. The summed E-state index contributed by atoms with van der Waals surface area (Å²) >= 11 is 0. The van der Waals surface area contributed by atoms with Crippen molar-refractivity contribution >= 4 is 0 Å². The van der Waals surface area contributed by atoms with Crippen LogP contribution in [0.15, 0.2) is 0 Å². The van der Waals surface area contributed by atoms with Crippen LogP contribution in [0.5, 0.6) is 0 Å². The van der Waals surface area contributed by atoms with Crippen LogP contribution in [0.2, 0.25) is 0 Å². The number of nitrogens with one attached hydrogen (secondary N) is 1. The third kappa shape index (κ3) is 4.57. The van der Waals surface area contributed by atoms with Gasteiger partial charge in [0.15, 0.2) is 0 Å². The predicted molar refractivity (Wildman–Crippen MR) is 73.2 cm³/mol. The van der Waals surface area contributed by atoms with Gasteiger partial charge in [0.05, 0.1) is 0 Å². The summed E-state index contributed by atoms with van der Waals surface area (Å²) in [6.45, 7) is 10.5. The molecule has 1 fully saturated rings. The number of likely N-dealkylation sites (tertiary alicyclic amines) is 1. The molecule has 0 aliphatic carbocycles. The highest BCUT2D eigenvalue weighted by atomic mass is 16.3. The van der Waals surface area contributed by atoms with E-state index in [1.165, 1.54) is 19.4 Å². The van der Waals surface area contributed by atoms with Crippen LogP contribution in [0, 0.1) is 5.41 Å². The van der Waals surface area contributed by atoms with Crippen LogP contribution < -0.4 is 5.32 Å². The maximum atomic E-state index is 9.18. The lowest BCUT2D eigenvalue weighted by Crippen LogP contribution is -2.52. The normalized spacial score (nSPS) is 29.3. The van der Waals surface area contributed by atoms with E-state index >= 15 is 0 Å². The molecule has 0 aromatic carbocycles. The van der Waals surface area contributed by atoms with Gasteiger partial charge in [-0.1, -0.05) is 20.8 Å². The van der Waals surface area contributed by atoms with Crippen molar-refractivity contribution in [2.45, 2.75) is 65.1 Å². The molecule has 1 aliphatic heterocycles. The van der Waals surface area contributed by atoms with Gasteiger partial charge < -0.3 is 15.3 Å². The lowest BCUT2D eigenvalue weighted by Gasteiger charge is -2.40. The molecule has 3 heteroatoms. The van der Waals surface area contributed by atoms with E-state index in [0.717, 1.165) is 6.42 Å². The van der Waals surface area contributed by atoms with Crippen molar-refractivity contribution in [1.82, 2.24) is 10.2 Å². The van der Waals surface area contributed by atoms with Crippen LogP contribution in [-0.4, -0.2) is 48.3 Å². The first kappa shape index (κ1) is 14.9. The van der Waals surface area contributed by atoms with Crippen molar-refractivity contribution in [3.8, 4) is 0 Å². The quantitative estimate of drug-likeness (QED) is 0.790. The Hall–Kier alpha value is -0.120. The minimum absolute atomic E-state index is 0.218. The van der Waals surface area contributed by atoms with Gasteiger partial charge in [0.25, 0.3) is 0 Å². The number of aliphatic hydroxyl groups excluding tert-OH is 1. The summed E-state index contributed by atoms with van der Waals surface area (Å²) in [4.78, 5) is 2.43. The molecular formula is C14H30N2O. The standard InChI is InChI=1S/C14H30N2O/c1-11-10-12(6-8-16(11)5)15-13(7-9-17)14(2,3)4/h11-13,15,17H,6-10H2,1-5H3. The zero-order valence-corrected chi connectivity index (χ0v) is 12.2. The lowest BCUT2D eigenvalue weighted by atomic mass is 9.83. The fourth-order valence-corrected chi connectivity index (χ4v) is 2.62. The summed E-state index contributed by atoms with van der Waals surface area (Å²) in [6.07, 6.45) is 3.29. The van der Waals surface area contributed by atoms with Gasteiger partial charge in [-0.2, -0.15) is 0 Å². The number of hydrogen-bond donors (Lipinski definition) is 2. The largest absolute Gasteiger partial charge is 0.396 e. The van der Waals surface area contributed by atoms with Gasteiger partial charge in [0.2, 0.25) is 0 Å². The van der Waals surface area contributed by atoms with E-state index in [-0.39, 0.29) is 12.0 Å². The van der Waals surface area contributed by atoms with Crippen LogP contribution in [0.3, 0.4) is 0 Å². The van der Waals surface area contributed by atoms with Crippen molar-refractivity contribution < 1.29 is 5.11 Å². The second-order valence-electron chi connectivity index (χ2n) is 6.65. The van der Waals surface area contributed by atoms with Crippen LogP contribution in [0.1, 0.15) is 47.0 Å². The molecule has 1 saturated heterocycles. The topological polar surface area (TPSA) is 35.5 Å². The fraction of sp³-hybridized carbons (Fsp3) is 1.00. The van der Waals surface area contributed by atoms with Gasteiger partial charge >= 0.3 is 0 Å². The molecule has 17 heavy (non-hydrogen) atoms. The Morgan fingerprint density at radius 3 is 2.53 bits per heavy atom. The Balaban J connectivity index is 2.50. The van der Waals surface area contributed by atoms with E-state index in [0.29, 0.717) is 18.1 Å². The molecule has 3 unspecified atom stereocenters. The Kier molecular flexibility index (Phi) is 5.42. The highest BCUT2D eigenvalue weighted by Gasteiger charge is 2.29. The van der Waals surface area contributed by atoms with Crippen molar-refractivity contribution in [2.75, 3.05) is 20.2 Å². The number of rotatable bonds is 4. The third-order valence-electron chi connectivity index (χ3n) is 4.11. The summed E-state index contributed by atoms with van der Waals surface area (Å²) in [7, 11) is 2.20. The maximum absolute atomic E-state index is 9.18. The highest BCUT2D eigenvalue weighted by Crippen LogP contribution is 2.24. The Labute approximate surface area is 107 Å². The maximum Gasteiger partial charge on any atom is 0.0446 e. The highest BCUT2D eigenvalue weighted by molar-refractivity contribution is 4.88. The van der Waals surface area contributed by atoms with Gasteiger partial charge in [-0.15, -0.1) is 0 Å². The molecule has 1 aliphatic rings. The molecule has 0 aromatic rings. The lowest BCUT2D eigenvalue weighted by molar-refractivity contribution is 0.131. The van der Waals surface area contributed by atoms with Crippen molar-refractivity contribution in [3.05, 3.63) is 0 Å². The number of aliphatic hydroxyl groups is 1. The van der Waals surface area contributed by atoms with E-state index < -0.39 is 0 Å².